The lowest BCUT2D eigenvalue weighted by Crippen LogP contribution is -2.21. The molecule has 2 aliphatic carbocycles. The molecular weight excluding hydrogens is 320 g/mol. The van der Waals surface area contributed by atoms with Gasteiger partial charge in [-0.05, 0) is 55.7 Å². The maximum atomic E-state index is 12.2. The fourth-order valence-corrected chi connectivity index (χ4v) is 3.41. The van der Waals surface area contributed by atoms with Gasteiger partial charge in [0.05, 0.1) is 0 Å². The molecular formula is C23H26N2O. The zero-order chi connectivity index (χ0) is 18.0. The minimum atomic E-state index is -0.140. The highest BCUT2D eigenvalue weighted by molar-refractivity contribution is 5.95. The van der Waals surface area contributed by atoms with Crippen molar-refractivity contribution < 1.29 is 4.79 Å². The molecule has 3 nitrogen and oxygen atoms in total. The molecule has 1 aromatic rings. The molecule has 0 heterocycles. The second kappa shape index (κ2) is 9.71. The minimum absolute atomic E-state index is 0.140. The summed E-state index contributed by atoms with van der Waals surface area (Å²) in [5.74, 6) is 0.414. The molecule has 0 spiro atoms. The Bertz CT molecular complexity index is 754. The molecule has 3 heteroatoms. The van der Waals surface area contributed by atoms with E-state index in [1.54, 1.807) is 12.1 Å². The Labute approximate surface area is 155 Å². The summed E-state index contributed by atoms with van der Waals surface area (Å²) in [6.07, 6.45) is 21.4. The number of hydrogen-bond donors (Lipinski definition) is 1. The number of amides is 1. The number of nitrogens with one attached hydrogen (secondary N) is 1. The first-order chi connectivity index (χ1) is 12.8. The zero-order valence-electron chi connectivity index (χ0n) is 15.1. The van der Waals surface area contributed by atoms with Gasteiger partial charge in [0.1, 0.15) is 0 Å². The number of hydrazone groups is 1. The predicted molar refractivity (Wildman–Crippen MR) is 108 cm³/mol. The second-order valence-electron chi connectivity index (χ2n) is 6.76. The number of carbonyl (C=O) groups is 1. The van der Waals surface area contributed by atoms with E-state index < -0.39 is 0 Å². The lowest BCUT2D eigenvalue weighted by atomic mass is 9.84. The van der Waals surface area contributed by atoms with Gasteiger partial charge in [-0.3, -0.25) is 4.79 Å². The van der Waals surface area contributed by atoms with Crippen LogP contribution >= 0.6 is 0 Å². The van der Waals surface area contributed by atoms with Crippen LogP contribution < -0.4 is 5.43 Å². The first-order valence-corrected chi connectivity index (χ1v) is 9.45. The van der Waals surface area contributed by atoms with Crippen LogP contribution in [0.2, 0.25) is 0 Å². The van der Waals surface area contributed by atoms with Gasteiger partial charge < -0.3 is 0 Å². The van der Waals surface area contributed by atoms with Gasteiger partial charge in [0.15, 0.2) is 0 Å². The fraction of sp³-hybridized carbons (Fsp3) is 0.304. The lowest BCUT2D eigenvalue weighted by molar-refractivity contribution is 0.0954. The molecule has 0 unspecified atom stereocenters. The molecule has 1 saturated carbocycles. The first kappa shape index (κ1) is 18.1. The average Bonchev–Trinajstić information content (AvgIpc) is 2.62. The van der Waals surface area contributed by atoms with Crippen LogP contribution in [0, 0.1) is 5.92 Å². The van der Waals surface area contributed by atoms with E-state index in [0.717, 1.165) is 31.4 Å². The molecule has 1 aromatic carbocycles. The van der Waals surface area contributed by atoms with Crippen molar-refractivity contribution in [2.45, 2.75) is 38.5 Å². The van der Waals surface area contributed by atoms with E-state index in [1.807, 2.05) is 24.3 Å². The second-order valence-corrected chi connectivity index (χ2v) is 6.76. The van der Waals surface area contributed by atoms with Crippen molar-refractivity contribution in [2.75, 3.05) is 0 Å². The van der Waals surface area contributed by atoms with Crippen molar-refractivity contribution >= 4 is 11.6 Å². The maximum absolute atomic E-state index is 12.2. The smallest absolute Gasteiger partial charge is 0.267 e. The Morgan fingerprint density at radius 2 is 1.73 bits per heavy atom. The van der Waals surface area contributed by atoms with Crippen molar-refractivity contribution in [3.8, 4) is 0 Å². The van der Waals surface area contributed by atoms with E-state index in [4.69, 9.17) is 0 Å². The topological polar surface area (TPSA) is 41.5 Å². The number of rotatable bonds is 3. The van der Waals surface area contributed by atoms with Crippen LogP contribution in [0.3, 0.4) is 0 Å². The van der Waals surface area contributed by atoms with Crippen LogP contribution in [0.15, 0.2) is 83.5 Å². The molecule has 1 amide bonds. The van der Waals surface area contributed by atoms with Gasteiger partial charge in [0, 0.05) is 11.3 Å². The maximum Gasteiger partial charge on any atom is 0.271 e. The van der Waals surface area contributed by atoms with Gasteiger partial charge in [0.2, 0.25) is 0 Å². The van der Waals surface area contributed by atoms with Crippen LogP contribution in [0.1, 0.15) is 48.9 Å². The molecule has 0 bridgehead atoms. The standard InChI is InChI=1S/C23H26N2O/c26-23(21-14-7-4-8-15-21)25-24-22-16-10-9-13-20(17-18-22)19-11-5-2-1-3-6-12-19/h1-8,11-12,14-15,20H,9-10,13,16-18H2,(H,25,26)/b2-1-,3-1?,5-2?,6-3-,11-5-,12-6?,19-11?,19-12+,24-22-/t20-/m1/s1. The summed E-state index contributed by atoms with van der Waals surface area (Å²) in [6, 6.07) is 9.24. The summed E-state index contributed by atoms with van der Waals surface area (Å²) in [5.41, 5.74) is 5.86. The molecule has 1 atom stereocenters. The largest absolute Gasteiger partial charge is 0.271 e. The van der Waals surface area contributed by atoms with Gasteiger partial charge >= 0.3 is 0 Å². The van der Waals surface area contributed by atoms with Crippen molar-refractivity contribution in [1.29, 1.82) is 0 Å². The molecule has 0 aliphatic heterocycles. The van der Waals surface area contributed by atoms with Crippen molar-refractivity contribution in [3.05, 3.63) is 84.0 Å². The van der Waals surface area contributed by atoms with Gasteiger partial charge in [-0.15, -0.1) is 0 Å². The molecule has 0 radical (unpaired) electrons. The normalized spacial score (nSPS) is 27.8. The third-order valence-corrected chi connectivity index (χ3v) is 4.89. The number of nitrogens with zero attached hydrogens (tertiary/aromatic N) is 1. The van der Waals surface area contributed by atoms with Crippen molar-refractivity contribution in [1.82, 2.24) is 5.43 Å². The molecule has 3 rings (SSSR count). The van der Waals surface area contributed by atoms with E-state index in [2.05, 4.69) is 47.0 Å². The first-order valence-electron chi connectivity index (χ1n) is 9.45. The number of carbonyl (C=O) groups excluding carboxylic acids is 1. The molecule has 0 saturated heterocycles. The molecule has 26 heavy (non-hydrogen) atoms. The summed E-state index contributed by atoms with van der Waals surface area (Å²) in [6.45, 7) is 0. The van der Waals surface area contributed by atoms with Crippen molar-refractivity contribution in [2.24, 2.45) is 11.0 Å². The summed E-state index contributed by atoms with van der Waals surface area (Å²) < 4.78 is 0. The van der Waals surface area contributed by atoms with Crippen LogP contribution in [0.25, 0.3) is 0 Å². The van der Waals surface area contributed by atoms with E-state index >= 15 is 0 Å². The number of allylic oxidation sites excluding steroid dienone is 8. The Morgan fingerprint density at radius 3 is 2.62 bits per heavy atom. The van der Waals surface area contributed by atoms with Crippen LogP contribution in [0.4, 0.5) is 0 Å². The SMILES string of the molecule is O=C(N/N=C1/CCCC[C@@H](C2=C/C=C\C=C/C=C\2)CC1)c1ccccc1. The average molecular weight is 346 g/mol. The number of hydrogen-bond acceptors (Lipinski definition) is 2. The Balaban J connectivity index is 1.61. The van der Waals surface area contributed by atoms with Gasteiger partial charge in [-0.2, -0.15) is 5.10 Å². The van der Waals surface area contributed by atoms with E-state index in [1.165, 1.54) is 18.4 Å². The molecule has 1 fully saturated rings. The van der Waals surface area contributed by atoms with Crippen LogP contribution in [-0.4, -0.2) is 11.6 Å². The number of benzene rings is 1. The summed E-state index contributed by atoms with van der Waals surface area (Å²) in [5, 5.41) is 4.43. The van der Waals surface area contributed by atoms with Gasteiger partial charge in [0.25, 0.3) is 5.91 Å². The third-order valence-electron chi connectivity index (χ3n) is 4.89. The fourth-order valence-electron chi connectivity index (χ4n) is 3.41. The highest BCUT2D eigenvalue weighted by Crippen LogP contribution is 2.28. The Kier molecular flexibility index (Phi) is 6.77. The van der Waals surface area contributed by atoms with Gasteiger partial charge in [-0.25, -0.2) is 5.43 Å². The van der Waals surface area contributed by atoms with Crippen LogP contribution in [0.5, 0.6) is 0 Å². The quantitative estimate of drug-likeness (QED) is 0.736. The highest BCUT2D eigenvalue weighted by atomic mass is 16.2. The van der Waals surface area contributed by atoms with E-state index in [0.29, 0.717) is 11.5 Å². The van der Waals surface area contributed by atoms with E-state index in [9.17, 15) is 4.79 Å². The molecule has 2 aliphatic rings. The predicted octanol–water partition coefficient (Wildman–Crippen LogP) is 5.35. The van der Waals surface area contributed by atoms with E-state index in [-0.39, 0.29) is 5.91 Å². The Hall–Kier alpha value is -2.68. The summed E-state index contributed by atoms with van der Waals surface area (Å²) in [4.78, 5) is 12.2. The molecule has 1 N–H and O–H groups in total. The van der Waals surface area contributed by atoms with Gasteiger partial charge in [-0.1, -0.05) is 67.2 Å². The zero-order valence-corrected chi connectivity index (χ0v) is 15.1. The van der Waals surface area contributed by atoms with Crippen LogP contribution in [-0.2, 0) is 0 Å². The molecule has 134 valence electrons. The highest BCUT2D eigenvalue weighted by Gasteiger charge is 2.17. The third kappa shape index (κ3) is 5.41. The Morgan fingerprint density at radius 1 is 0.923 bits per heavy atom. The summed E-state index contributed by atoms with van der Waals surface area (Å²) in [7, 11) is 0. The minimum Gasteiger partial charge on any atom is -0.267 e. The molecule has 0 aromatic heterocycles. The van der Waals surface area contributed by atoms with Crippen molar-refractivity contribution in [3.63, 3.8) is 0 Å². The monoisotopic (exact) mass is 346 g/mol. The summed E-state index contributed by atoms with van der Waals surface area (Å²) >= 11 is 0. The lowest BCUT2D eigenvalue weighted by Gasteiger charge is -2.22.